The molecule has 1 N–H and O–H groups in total. The highest BCUT2D eigenvalue weighted by Crippen LogP contribution is 2.38. The van der Waals surface area contributed by atoms with Crippen LogP contribution in [0.25, 0.3) is 0 Å². The lowest BCUT2D eigenvalue weighted by Crippen LogP contribution is -2.50. The van der Waals surface area contributed by atoms with Gasteiger partial charge in [-0.2, -0.15) is 0 Å². The van der Waals surface area contributed by atoms with Crippen molar-refractivity contribution in [2.45, 2.75) is 78.2 Å². The van der Waals surface area contributed by atoms with E-state index in [0.29, 0.717) is 5.41 Å². The maximum absolute atomic E-state index is 3.73. The Hall–Kier alpha value is -0.0800. The molecule has 2 fully saturated rings. The van der Waals surface area contributed by atoms with Crippen LogP contribution < -0.4 is 5.32 Å². The molecule has 1 saturated carbocycles. The van der Waals surface area contributed by atoms with Gasteiger partial charge in [-0.05, 0) is 56.9 Å². The number of nitrogens with one attached hydrogen (secondary N) is 1. The number of likely N-dealkylation sites (tertiary alicyclic amines) is 1. The van der Waals surface area contributed by atoms with E-state index in [1.165, 1.54) is 77.5 Å². The lowest BCUT2D eigenvalue weighted by Gasteiger charge is -2.46. The number of rotatable bonds is 6. The van der Waals surface area contributed by atoms with E-state index in [1.807, 2.05) is 0 Å². The number of hydrogen-bond donors (Lipinski definition) is 1. The van der Waals surface area contributed by atoms with E-state index >= 15 is 0 Å². The summed E-state index contributed by atoms with van der Waals surface area (Å²) < 4.78 is 0. The summed E-state index contributed by atoms with van der Waals surface area (Å²) in [6, 6.07) is 0.802. The third kappa shape index (κ3) is 4.46. The molecule has 0 bridgehead atoms. The molecule has 1 saturated heterocycles. The van der Waals surface area contributed by atoms with Gasteiger partial charge < -0.3 is 5.32 Å². The summed E-state index contributed by atoms with van der Waals surface area (Å²) in [4.78, 5) is 2.81. The summed E-state index contributed by atoms with van der Waals surface area (Å²) >= 11 is 0. The molecule has 1 aliphatic heterocycles. The molecule has 118 valence electrons. The van der Waals surface area contributed by atoms with E-state index in [2.05, 4.69) is 31.0 Å². The van der Waals surface area contributed by atoms with Crippen molar-refractivity contribution in [3.63, 3.8) is 0 Å². The Morgan fingerprint density at radius 2 is 1.85 bits per heavy atom. The third-order valence-corrected chi connectivity index (χ3v) is 5.63. The fourth-order valence-corrected chi connectivity index (χ4v) is 4.25. The van der Waals surface area contributed by atoms with Crippen molar-refractivity contribution in [2.75, 3.05) is 26.2 Å². The van der Waals surface area contributed by atoms with Gasteiger partial charge in [0.15, 0.2) is 0 Å². The lowest BCUT2D eigenvalue weighted by molar-refractivity contribution is 0.0450. The molecule has 2 atom stereocenters. The predicted octanol–water partition coefficient (Wildman–Crippen LogP) is 4.06. The van der Waals surface area contributed by atoms with E-state index in [-0.39, 0.29) is 0 Å². The summed E-state index contributed by atoms with van der Waals surface area (Å²) in [5.74, 6) is 0.899. The molecule has 0 aromatic carbocycles. The maximum Gasteiger partial charge on any atom is 0.00673 e. The summed E-state index contributed by atoms with van der Waals surface area (Å²) in [7, 11) is 0. The van der Waals surface area contributed by atoms with Gasteiger partial charge in [0.25, 0.3) is 0 Å². The second-order valence-electron chi connectivity index (χ2n) is 7.70. The second kappa shape index (κ2) is 7.79. The minimum absolute atomic E-state index is 0.568. The van der Waals surface area contributed by atoms with E-state index in [0.717, 1.165) is 12.0 Å². The molecule has 2 rings (SSSR count). The largest absolute Gasteiger partial charge is 0.316 e. The fourth-order valence-electron chi connectivity index (χ4n) is 4.25. The molecule has 2 unspecified atom stereocenters. The molecule has 2 nitrogen and oxygen atoms in total. The van der Waals surface area contributed by atoms with Crippen molar-refractivity contribution in [1.29, 1.82) is 0 Å². The van der Waals surface area contributed by atoms with Gasteiger partial charge >= 0.3 is 0 Å². The Balaban J connectivity index is 1.95. The Labute approximate surface area is 126 Å². The minimum atomic E-state index is 0.568. The monoisotopic (exact) mass is 280 g/mol. The summed E-state index contributed by atoms with van der Waals surface area (Å²) in [6.07, 6.45) is 11.3. The first-order chi connectivity index (χ1) is 9.65. The predicted molar refractivity (Wildman–Crippen MR) is 88.1 cm³/mol. The van der Waals surface area contributed by atoms with Crippen molar-refractivity contribution in [3.05, 3.63) is 0 Å². The van der Waals surface area contributed by atoms with Crippen LogP contribution in [0.2, 0.25) is 0 Å². The quantitative estimate of drug-likeness (QED) is 0.738. The first-order valence-electron chi connectivity index (χ1n) is 9.10. The molecule has 2 heteroatoms. The molecule has 1 heterocycles. The Kier molecular flexibility index (Phi) is 6.35. The molecule has 0 radical (unpaired) electrons. The average molecular weight is 280 g/mol. The zero-order chi connectivity index (χ0) is 14.4. The molecule has 0 aromatic heterocycles. The van der Waals surface area contributed by atoms with Crippen LogP contribution in [0, 0.1) is 11.3 Å². The Morgan fingerprint density at radius 1 is 1.10 bits per heavy atom. The minimum Gasteiger partial charge on any atom is -0.316 e. The fraction of sp³-hybridized carbons (Fsp3) is 1.00. The highest BCUT2D eigenvalue weighted by atomic mass is 15.2. The van der Waals surface area contributed by atoms with Gasteiger partial charge in [0.1, 0.15) is 0 Å². The molecule has 20 heavy (non-hydrogen) atoms. The van der Waals surface area contributed by atoms with E-state index in [1.54, 1.807) is 0 Å². The first kappa shape index (κ1) is 16.3. The lowest BCUT2D eigenvalue weighted by atomic mass is 9.73. The van der Waals surface area contributed by atoms with Crippen LogP contribution in [0.4, 0.5) is 0 Å². The summed E-state index contributed by atoms with van der Waals surface area (Å²) in [5.41, 5.74) is 0.568. The topological polar surface area (TPSA) is 15.3 Å². The maximum atomic E-state index is 3.73. The van der Waals surface area contributed by atoms with Crippen LogP contribution in [0.1, 0.15) is 72.1 Å². The second-order valence-corrected chi connectivity index (χ2v) is 7.70. The highest BCUT2D eigenvalue weighted by molar-refractivity contribution is 4.90. The van der Waals surface area contributed by atoms with Crippen molar-refractivity contribution in [3.8, 4) is 0 Å². The van der Waals surface area contributed by atoms with Gasteiger partial charge in [0.05, 0.1) is 0 Å². The van der Waals surface area contributed by atoms with Crippen LogP contribution in [-0.4, -0.2) is 37.1 Å². The smallest absolute Gasteiger partial charge is 0.00673 e. The van der Waals surface area contributed by atoms with E-state index in [9.17, 15) is 0 Å². The standard InChI is InChI=1S/C18H36N2/c1-4-12-19-14-18(10-6-5-7-11-18)15-20-13-16(2)8-9-17(20)3/h16-17,19H,4-15H2,1-3H3. The van der Waals surface area contributed by atoms with Crippen LogP contribution in [0.15, 0.2) is 0 Å². The van der Waals surface area contributed by atoms with E-state index < -0.39 is 0 Å². The van der Waals surface area contributed by atoms with Crippen molar-refractivity contribution >= 4 is 0 Å². The number of piperidine rings is 1. The van der Waals surface area contributed by atoms with Crippen molar-refractivity contribution in [2.24, 2.45) is 11.3 Å². The molecule has 0 amide bonds. The zero-order valence-electron chi connectivity index (χ0n) is 14.1. The normalized spacial score (nSPS) is 31.4. The van der Waals surface area contributed by atoms with Crippen molar-refractivity contribution < 1.29 is 0 Å². The third-order valence-electron chi connectivity index (χ3n) is 5.63. The van der Waals surface area contributed by atoms with Gasteiger partial charge in [-0.25, -0.2) is 0 Å². The SMILES string of the molecule is CCCNCC1(CN2CC(C)CCC2C)CCCCC1. The van der Waals surface area contributed by atoms with Gasteiger partial charge in [-0.1, -0.05) is 33.1 Å². The van der Waals surface area contributed by atoms with Crippen LogP contribution >= 0.6 is 0 Å². The molecule has 2 aliphatic rings. The first-order valence-corrected chi connectivity index (χ1v) is 9.10. The summed E-state index contributed by atoms with van der Waals surface area (Å²) in [6.45, 7) is 12.3. The van der Waals surface area contributed by atoms with Gasteiger partial charge in [0.2, 0.25) is 0 Å². The average Bonchev–Trinajstić information content (AvgIpc) is 2.44. The number of hydrogen-bond acceptors (Lipinski definition) is 2. The van der Waals surface area contributed by atoms with Crippen LogP contribution in [-0.2, 0) is 0 Å². The molecular formula is C18H36N2. The van der Waals surface area contributed by atoms with E-state index in [4.69, 9.17) is 0 Å². The van der Waals surface area contributed by atoms with Gasteiger partial charge in [0, 0.05) is 25.7 Å². The molecule has 1 aliphatic carbocycles. The molecule has 0 aromatic rings. The van der Waals surface area contributed by atoms with Gasteiger partial charge in [-0.15, -0.1) is 0 Å². The number of nitrogens with zero attached hydrogens (tertiary/aromatic N) is 1. The molecular weight excluding hydrogens is 244 g/mol. The Bertz CT molecular complexity index is 271. The Morgan fingerprint density at radius 3 is 2.55 bits per heavy atom. The zero-order valence-corrected chi connectivity index (χ0v) is 14.1. The van der Waals surface area contributed by atoms with Crippen LogP contribution in [0.5, 0.6) is 0 Å². The highest BCUT2D eigenvalue weighted by Gasteiger charge is 2.36. The van der Waals surface area contributed by atoms with Gasteiger partial charge in [-0.3, -0.25) is 4.90 Å². The summed E-state index contributed by atoms with van der Waals surface area (Å²) in [5, 5.41) is 3.73. The molecule has 0 spiro atoms. The van der Waals surface area contributed by atoms with Crippen LogP contribution in [0.3, 0.4) is 0 Å². The van der Waals surface area contributed by atoms with Crippen molar-refractivity contribution in [1.82, 2.24) is 10.2 Å².